The summed E-state index contributed by atoms with van der Waals surface area (Å²) in [6, 6.07) is 17.8. The lowest BCUT2D eigenvalue weighted by atomic mass is 9.89. The number of hydrogen-bond donors (Lipinski definition) is 1. The van der Waals surface area contributed by atoms with Crippen LogP contribution < -0.4 is 5.32 Å². The van der Waals surface area contributed by atoms with Crippen LogP contribution in [0.15, 0.2) is 60.7 Å². The maximum atomic E-state index is 13.6. The third-order valence-electron chi connectivity index (χ3n) is 6.84. The van der Waals surface area contributed by atoms with E-state index < -0.39 is 24.0 Å². The second-order valence-corrected chi connectivity index (χ2v) is 10.3. The zero-order valence-electron chi connectivity index (χ0n) is 22.2. The summed E-state index contributed by atoms with van der Waals surface area (Å²) in [6.07, 6.45) is 5.20. The van der Waals surface area contributed by atoms with Crippen LogP contribution in [-0.2, 0) is 37.0 Å². The second kappa shape index (κ2) is 14.5. The van der Waals surface area contributed by atoms with E-state index in [2.05, 4.69) is 5.32 Å². The molecule has 1 N–H and O–H groups in total. The van der Waals surface area contributed by atoms with E-state index in [1.165, 1.54) is 5.06 Å². The zero-order chi connectivity index (χ0) is 26.6. The molecule has 1 aliphatic carbocycles. The lowest BCUT2D eigenvalue weighted by molar-refractivity contribution is -0.198. The number of nitrogens with zero attached hydrogens (tertiary/aromatic N) is 1. The van der Waals surface area contributed by atoms with E-state index in [1.807, 2.05) is 74.5 Å². The third-order valence-corrected chi connectivity index (χ3v) is 6.84. The molecule has 2 aromatic carbocycles. The topological polar surface area (TPSA) is 84.9 Å². The van der Waals surface area contributed by atoms with E-state index in [-0.39, 0.29) is 24.5 Å². The molecule has 0 bridgehead atoms. The average Bonchev–Trinajstić information content (AvgIpc) is 3.41. The van der Waals surface area contributed by atoms with Crippen LogP contribution in [0.25, 0.3) is 0 Å². The van der Waals surface area contributed by atoms with Gasteiger partial charge in [-0.25, -0.2) is 9.86 Å². The minimum Gasteiger partial charge on any atom is -0.461 e. The lowest BCUT2D eigenvalue weighted by Crippen LogP contribution is -2.51. The fraction of sp³-hybridized carbons (Fsp3) is 0.500. The number of amides is 2. The van der Waals surface area contributed by atoms with Crippen molar-refractivity contribution in [3.63, 3.8) is 0 Å². The van der Waals surface area contributed by atoms with E-state index in [0.29, 0.717) is 19.3 Å². The molecule has 1 fully saturated rings. The van der Waals surface area contributed by atoms with Crippen LogP contribution in [0.2, 0.25) is 0 Å². The van der Waals surface area contributed by atoms with Crippen LogP contribution in [0.4, 0.5) is 0 Å². The van der Waals surface area contributed by atoms with Crippen molar-refractivity contribution in [2.45, 2.75) is 84.1 Å². The monoisotopic (exact) mass is 508 g/mol. The Labute approximate surface area is 220 Å². The second-order valence-electron chi connectivity index (χ2n) is 10.3. The maximum Gasteiger partial charge on any atom is 0.329 e. The lowest BCUT2D eigenvalue weighted by Gasteiger charge is -2.32. The van der Waals surface area contributed by atoms with Crippen molar-refractivity contribution in [2.75, 3.05) is 0 Å². The van der Waals surface area contributed by atoms with Crippen molar-refractivity contribution < 1.29 is 24.0 Å². The minimum atomic E-state index is -0.813. The highest BCUT2D eigenvalue weighted by atomic mass is 16.7. The average molecular weight is 509 g/mol. The Bertz CT molecular complexity index is 976. The van der Waals surface area contributed by atoms with Crippen LogP contribution >= 0.6 is 0 Å². The Morgan fingerprint density at radius 2 is 1.57 bits per heavy atom. The zero-order valence-corrected chi connectivity index (χ0v) is 22.2. The van der Waals surface area contributed by atoms with Gasteiger partial charge in [-0.2, -0.15) is 0 Å². The molecular formula is C30H40N2O5. The van der Waals surface area contributed by atoms with Gasteiger partial charge in [0.1, 0.15) is 18.8 Å². The number of nitrogens with one attached hydrogen (secondary N) is 1. The van der Waals surface area contributed by atoms with Crippen LogP contribution in [0.5, 0.6) is 0 Å². The van der Waals surface area contributed by atoms with E-state index in [1.54, 1.807) is 6.92 Å². The van der Waals surface area contributed by atoms with Crippen molar-refractivity contribution in [1.82, 2.24) is 10.4 Å². The first-order valence-corrected chi connectivity index (χ1v) is 13.3. The van der Waals surface area contributed by atoms with Crippen molar-refractivity contribution in [2.24, 2.45) is 11.8 Å². The van der Waals surface area contributed by atoms with E-state index in [9.17, 15) is 14.4 Å². The SMILES string of the molecule is CC(C)CC(C(=O)NC(Cc1ccccc1)C(=O)OC1CCCC1)C(C)N(C=O)OCc1ccccc1. The molecule has 2 amide bonds. The molecule has 2 aromatic rings. The molecule has 3 unspecified atom stereocenters. The summed E-state index contributed by atoms with van der Waals surface area (Å²) in [6.45, 7) is 6.07. The summed E-state index contributed by atoms with van der Waals surface area (Å²) in [5.41, 5.74) is 1.86. The van der Waals surface area contributed by atoms with Gasteiger partial charge in [-0.15, -0.1) is 0 Å². The number of hydrogen-bond acceptors (Lipinski definition) is 5. The van der Waals surface area contributed by atoms with Crippen LogP contribution in [0.1, 0.15) is 64.0 Å². The van der Waals surface area contributed by atoms with Crippen molar-refractivity contribution in [1.29, 1.82) is 0 Å². The number of rotatable bonds is 14. The largest absolute Gasteiger partial charge is 0.461 e. The smallest absolute Gasteiger partial charge is 0.329 e. The molecule has 3 rings (SSSR count). The molecule has 0 saturated heterocycles. The fourth-order valence-corrected chi connectivity index (χ4v) is 4.75. The first kappa shape index (κ1) is 28.4. The first-order chi connectivity index (χ1) is 17.9. The predicted octanol–water partition coefficient (Wildman–Crippen LogP) is 4.84. The van der Waals surface area contributed by atoms with Gasteiger partial charge in [0.25, 0.3) is 0 Å². The molecule has 1 aliphatic rings. The van der Waals surface area contributed by atoms with Crippen LogP contribution in [0.3, 0.4) is 0 Å². The van der Waals surface area contributed by atoms with E-state index in [4.69, 9.17) is 9.57 Å². The predicted molar refractivity (Wildman–Crippen MR) is 142 cm³/mol. The Morgan fingerprint density at radius 1 is 0.973 bits per heavy atom. The van der Waals surface area contributed by atoms with Gasteiger partial charge in [0.2, 0.25) is 12.3 Å². The van der Waals surface area contributed by atoms with Crippen molar-refractivity contribution in [3.05, 3.63) is 71.8 Å². The van der Waals surface area contributed by atoms with Gasteiger partial charge in [-0.3, -0.25) is 14.4 Å². The Morgan fingerprint density at radius 3 is 2.14 bits per heavy atom. The molecule has 7 nitrogen and oxygen atoms in total. The number of ether oxygens (including phenoxy) is 1. The normalized spacial score (nSPS) is 16.1. The summed E-state index contributed by atoms with van der Waals surface area (Å²) in [5, 5.41) is 4.18. The third kappa shape index (κ3) is 9.01. The summed E-state index contributed by atoms with van der Waals surface area (Å²) in [5.74, 6) is -1.08. The Hall–Kier alpha value is -3.19. The van der Waals surface area contributed by atoms with Crippen LogP contribution in [0, 0.1) is 11.8 Å². The van der Waals surface area contributed by atoms with Gasteiger partial charge in [0.05, 0.1) is 12.0 Å². The summed E-state index contributed by atoms with van der Waals surface area (Å²) < 4.78 is 5.78. The fourth-order valence-electron chi connectivity index (χ4n) is 4.75. The summed E-state index contributed by atoms with van der Waals surface area (Å²) in [4.78, 5) is 44.5. The van der Waals surface area contributed by atoms with E-state index in [0.717, 1.165) is 36.8 Å². The van der Waals surface area contributed by atoms with Gasteiger partial charge in [-0.05, 0) is 56.1 Å². The van der Waals surface area contributed by atoms with Crippen LogP contribution in [-0.4, -0.2) is 41.5 Å². The highest BCUT2D eigenvalue weighted by molar-refractivity contribution is 5.86. The molecule has 0 heterocycles. The highest BCUT2D eigenvalue weighted by Crippen LogP contribution is 2.23. The molecular weight excluding hydrogens is 468 g/mol. The number of carbonyl (C=O) groups excluding carboxylic acids is 3. The Balaban J connectivity index is 1.73. The molecule has 1 saturated carbocycles. The number of carbonyl (C=O) groups is 3. The quantitative estimate of drug-likeness (QED) is 0.224. The number of benzene rings is 2. The van der Waals surface area contributed by atoms with Gasteiger partial charge >= 0.3 is 5.97 Å². The van der Waals surface area contributed by atoms with Crippen molar-refractivity contribution >= 4 is 18.3 Å². The number of esters is 1. The minimum absolute atomic E-state index is 0.0926. The van der Waals surface area contributed by atoms with Crippen molar-refractivity contribution in [3.8, 4) is 0 Å². The molecule has 7 heteroatoms. The summed E-state index contributed by atoms with van der Waals surface area (Å²) in [7, 11) is 0. The Kier molecular flexibility index (Phi) is 11.1. The van der Waals surface area contributed by atoms with E-state index >= 15 is 0 Å². The first-order valence-electron chi connectivity index (χ1n) is 13.3. The summed E-state index contributed by atoms with van der Waals surface area (Å²) >= 11 is 0. The molecule has 3 atom stereocenters. The number of hydroxylamine groups is 2. The maximum absolute atomic E-state index is 13.6. The van der Waals surface area contributed by atoms with Gasteiger partial charge in [-0.1, -0.05) is 74.5 Å². The molecule has 0 spiro atoms. The van der Waals surface area contributed by atoms with Gasteiger partial charge in [0.15, 0.2) is 0 Å². The van der Waals surface area contributed by atoms with Gasteiger partial charge < -0.3 is 10.1 Å². The molecule has 0 aromatic heterocycles. The molecule has 37 heavy (non-hydrogen) atoms. The highest BCUT2D eigenvalue weighted by Gasteiger charge is 2.34. The molecule has 0 aliphatic heterocycles. The standard InChI is InChI=1S/C30H40N2O5/c1-22(2)18-27(23(3)32(21-33)36-20-25-14-8-5-9-15-25)29(34)31-28(19-24-12-6-4-7-13-24)30(35)37-26-16-10-11-17-26/h4-9,12-15,21-23,26-28H,10-11,16-20H2,1-3H3,(H,31,34). The molecule has 0 radical (unpaired) electrons. The molecule has 200 valence electrons. The van der Waals surface area contributed by atoms with Gasteiger partial charge in [0, 0.05) is 6.42 Å².